The van der Waals surface area contributed by atoms with Crippen molar-refractivity contribution >= 4 is 0 Å². The van der Waals surface area contributed by atoms with E-state index in [0.29, 0.717) is 5.75 Å². The summed E-state index contributed by atoms with van der Waals surface area (Å²) in [6, 6.07) is 9.44. The Kier molecular flexibility index (Phi) is 4.11. The number of halogens is 3. The van der Waals surface area contributed by atoms with Gasteiger partial charge < -0.3 is 9.84 Å². The largest absolute Gasteiger partial charge is 0.507 e. The van der Waals surface area contributed by atoms with Crippen LogP contribution in [-0.4, -0.2) is 11.2 Å². The van der Waals surface area contributed by atoms with Gasteiger partial charge in [0, 0.05) is 11.6 Å². The van der Waals surface area contributed by atoms with Gasteiger partial charge >= 0.3 is 6.18 Å². The van der Waals surface area contributed by atoms with Crippen molar-refractivity contribution < 1.29 is 23.0 Å². The Bertz CT molecular complexity index is 634. The molecule has 0 aromatic heterocycles. The Balaban J connectivity index is 2.48. The Morgan fingerprint density at radius 3 is 2.24 bits per heavy atom. The molecule has 21 heavy (non-hydrogen) atoms. The molecule has 0 heterocycles. The van der Waals surface area contributed by atoms with E-state index < -0.39 is 11.7 Å². The predicted molar refractivity (Wildman–Crippen MR) is 74.3 cm³/mol. The summed E-state index contributed by atoms with van der Waals surface area (Å²) in [7, 11) is 0. The van der Waals surface area contributed by atoms with Crippen LogP contribution in [0.25, 0.3) is 11.1 Å². The van der Waals surface area contributed by atoms with E-state index in [0.717, 1.165) is 6.07 Å². The van der Waals surface area contributed by atoms with Gasteiger partial charge in [-0.1, -0.05) is 18.2 Å². The fourth-order valence-corrected chi connectivity index (χ4v) is 2.05. The second-order valence-corrected chi connectivity index (χ2v) is 4.89. The normalized spacial score (nSPS) is 11.7. The van der Waals surface area contributed by atoms with Crippen molar-refractivity contribution in [3.8, 4) is 22.6 Å². The molecule has 0 saturated carbocycles. The highest BCUT2D eigenvalue weighted by Crippen LogP contribution is 2.40. The minimum absolute atomic E-state index is 0.0569. The summed E-state index contributed by atoms with van der Waals surface area (Å²) in [5.41, 5.74) is -0.713. The number of hydrogen-bond donors (Lipinski definition) is 1. The van der Waals surface area contributed by atoms with Crippen molar-refractivity contribution in [2.75, 3.05) is 0 Å². The molecule has 2 nitrogen and oxygen atoms in total. The third kappa shape index (κ3) is 3.48. The highest BCUT2D eigenvalue weighted by atomic mass is 19.4. The number of hydrogen-bond acceptors (Lipinski definition) is 2. The van der Waals surface area contributed by atoms with E-state index in [-0.39, 0.29) is 23.0 Å². The molecule has 2 aromatic carbocycles. The molecular weight excluding hydrogens is 281 g/mol. The van der Waals surface area contributed by atoms with Crippen LogP contribution in [0, 0.1) is 0 Å². The third-order valence-electron chi connectivity index (χ3n) is 2.86. The van der Waals surface area contributed by atoms with Crippen LogP contribution in [0.3, 0.4) is 0 Å². The van der Waals surface area contributed by atoms with E-state index in [2.05, 4.69) is 0 Å². The van der Waals surface area contributed by atoms with Crippen molar-refractivity contribution in [1.29, 1.82) is 0 Å². The van der Waals surface area contributed by atoms with Crippen LogP contribution in [0.2, 0.25) is 0 Å². The first-order valence-electron chi connectivity index (χ1n) is 6.45. The average molecular weight is 296 g/mol. The Morgan fingerprint density at radius 2 is 1.67 bits per heavy atom. The molecule has 0 fully saturated rings. The van der Waals surface area contributed by atoms with Gasteiger partial charge in [-0.05, 0) is 37.6 Å². The lowest BCUT2D eigenvalue weighted by Gasteiger charge is -2.15. The van der Waals surface area contributed by atoms with Gasteiger partial charge in [-0.15, -0.1) is 0 Å². The number of benzene rings is 2. The molecule has 2 aromatic rings. The summed E-state index contributed by atoms with van der Waals surface area (Å²) in [4.78, 5) is 0. The van der Waals surface area contributed by atoms with Crippen LogP contribution >= 0.6 is 0 Å². The van der Waals surface area contributed by atoms with Crippen LogP contribution in [0.5, 0.6) is 11.5 Å². The van der Waals surface area contributed by atoms with Gasteiger partial charge in [0.2, 0.25) is 0 Å². The van der Waals surface area contributed by atoms with Gasteiger partial charge in [0.05, 0.1) is 11.7 Å². The summed E-state index contributed by atoms with van der Waals surface area (Å²) in [5, 5.41) is 10.0. The number of phenolic OH excluding ortho intramolecular Hbond substituents is 1. The minimum atomic E-state index is -4.48. The number of ether oxygens (including phenoxy) is 1. The third-order valence-corrected chi connectivity index (χ3v) is 2.86. The van der Waals surface area contributed by atoms with Crippen LogP contribution in [-0.2, 0) is 6.18 Å². The van der Waals surface area contributed by atoms with Crippen LogP contribution in [0.4, 0.5) is 13.2 Å². The number of aromatic hydroxyl groups is 1. The summed E-state index contributed by atoms with van der Waals surface area (Å²) in [6.07, 6.45) is -4.56. The number of alkyl halides is 3. The fourth-order valence-electron chi connectivity index (χ4n) is 2.05. The van der Waals surface area contributed by atoms with Gasteiger partial charge in [0.1, 0.15) is 11.5 Å². The van der Waals surface area contributed by atoms with E-state index in [1.165, 1.54) is 30.3 Å². The Morgan fingerprint density at radius 1 is 1.00 bits per heavy atom. The zero-order valence-corrected chi connectivity index (χ0v) is 11.6. The number of rotatable bonds is 3. The quantitative estimate of drug-likeness (QED) is 0.876. The van der Waals surface area contributed by atoms with Crippen LogP contribution in [0.1, 0.15) is 19.4 Å². The van der Waals surface area contributed by atoms with Crippen molar-refractivity contribution in [3.63, 3.8) is 0 Å². The average Bonchev–Trinajstić information content (AvgIpc) is 2.37. The molecular formula is C16H15F3O2. The molecule has 0 spiro atoms. The topological polar surface area (TPSA) is 29.5 Å². The molecule has 0 bridgehead atoms. The van der Waals surface area contributed by atoms with Crippen molar-refractivity contribution in [2.45, 2.75) is 26.1 Å². The zero-order chi connectivity index (χ0) is 15.6. The molecule has 112 valence electrons. The van der Waals surface area contributed by atoms with Crippen molar-refractivity contribution in [3.05, 3.63) is 48.0 Å². The Labute approximate surface area is 120 Å². The van der Waals surface area contributed by atoms with Crippen molar-refractivity contribution in [2.24, 2.45) is 0 Å². The van der Waals surface area contributed by atoms with Crippen LogP contribution in [0.15, 0.2) is 42.5 Å². The summed E-state index contributed by atoms with van der Waals surface area (Å²) >= 11 is 0. The molecule has 0 aliphatic rings. The second kappa shape index (κ2) is 5.68. The number of phenols is 1. The smallest absolute Gasteiger partial charge is 0.417 e. The predicted octanol–water partition coefficient (Wildman–Crippen LogP) is 4.87. The molecule has 2 rings (SSSR count). The van der Waals surface area contributed by atoms with E-state index in [1.807, 2.05) is 13.8 Å². The van der Waals surface area contributed by atoms with E-state index in [4.69, 9.17) is 4.74 Å². The fraction of sp³-hybridized carbons (Fsp3) is 0.250. The van der Waals surface area contributed by atoms with Gasteiger partial charge in [0.15, 0.2) is 0 Å². The monoisotopic (exact) mass is 296 g/mol. The summed E-state index contributed by atoms with van der Waals surface area (Å²) < 4.78 is 44.4. The highest BCUT2D eigenvalue weighted by Gasteiger charge is 2.33. The molecule has 1 N–H and O–H groups in total. The molecule has 0 amide bonds. The standard InChI is InChI=1S/C16H15F3O2/c1-10(2)21-11-7-8-13(15(20)9-11)12-5-3-4-6-14(12)16(17,18)19/h3-10,20H,1-2H3. The maximum atomic E-state index is 13.0. The van der Waals surface area contributed by atoms with E-state index in [9.17, 15) is 18.3 Å². The second-order valence-electron chi connectivity index (χ2n) is 4.89. The van der Waals surface area contributed by atoms with Crippen LogP contribution < -0.4 is 4.74 Å². The molecule has 0 radical (unpaired) electrons. The molecule has 0 aliphatic heterocycles. The molecule has 0 saturated heterocycles. The first-order chi connectivity index (χ1) is 9.79. The zero-order valence-electron chi connectivity index (χ0n) is 11.6. The maximum absolute atomic E-state index is 13.0. The minimum Gasteiger partial charge on any atom is -0.507 e. The van der Waals surface area contributed by atoms with Gasteiger partial charge in [0.25, 0.3) is 0 Å². The SMILES string of the molecule is CC(C)Oc1ccc(-c2ccccc2C(F)(F)F)c(O)c1. The summed E-state index contributed by atoms with van der Waals surface area (Å²) in [5.74, 6) is 0.167. The van der Waals surface area contributed by atoms with E-state index in [1.54, 1.807) is 6.07 Å². The highest BCUT2D eigenvalue weighted by molar-refractivity contribution is 5.74. The van der Waals surface area contributed by atoms with Gasteiger partial charge in [-0.2, -0.15) is 13.2 Å². The van der Waals surface area contributed by atoms with Gasteiger partial charge in [-0.25, -0.2) is 0 Å². The molecule has 0 atom stereocenters. The molecule has 5 heteroatoms. The molecule has 0 aliphatic carbocycles. The van der Waals surface area contributed by atoms with E-state index >= 15 is 0 Å². The lowest BCUT2D eigenvalue weighted by atomic mass is 9.98. The molecule has 0 unspecified atom stereocenters. The first-order valence-corrected chi connectivity index (χ1v) is 6.45. The lowest BCUT2D eigenvalue weighted by molar-refractivity contribution is -0.137. The lowest BCUT2D eigenvalue weighted by Crippen LogP contribution is -2.07. The van der Waals surface area contributed by atoms with Gasteiger partial charge in [-0.3, -0.25) is 0 Å². The Hall–Kier alpha value is -2.17. The first kappa shape index (κ1) is 15.2. The maximum Gasteiger partial charge on any atom is 0.417 e. The van der Waals surface area contributed by atoms with Crippen molar-refractivity contribution in [1.82, 2.24) is 0 Å². The summed E-state index contributed by atoms with van der Waals surface area (Å²) in [6.45, 7) is 3.65.